The van der Waals surface area contributed by atoms with E-state index in [0.29, 0.717) is 11.1 Å². The summed E-state index contributed by atoms with van der Waals surface area (Å²) < 4.78 is 13.3. The van der Waals surface area contributed by atoms with E-state index in [2.05, 4.69) is 0 Å². The van der Waals surface area contributed by atoms with Crippen LogP contribution in [0.1, 0.15) is 11.1 Å². The van der Waals surface area contributed by atoms with Crippen LogP contribution in [0.25, 0.3) is 0 Å². The van der Waals surface area contributed by atoms with Crippen molar-refractivity contribution in [2.24, 2.45) is 5.73 Å². The highest BCUT2D eigenvalue weighted by molar-refractivity contribution is 5.82. The van der Waals surface area contributed by atoms with Crippen molar-refractivity contribution in [3.63, 3.8) is 0 Å². The molecule has 0 fully saturated rings. The molecule has 0 aliphatic carbocycles. The number of carboxylic acids is 1. The summed E-state index contributed by atoms with van der Waals surface area (Å²) >= 11 is 0. The minimum Gasteiger partial charge on any atom is -0.481 e. The first-order valence-corrected chi connectivity index (χ1v) is 6.32. The molecule has 0 radical (unpaired) electrons. The lowest BCUT2D eigenvalue weighted by molar-refractivity contribution is -0.143. The monoisotopic (exact) mass is 273 g/mol. The summed E-state index contributed by atoms with van der Waals surface area (Å²) in [4.78, 5) is 11.8. The Balaban J connectivity index is 2.45. The van der Waals surface area contributed by atoms with Crippen LogP contribution in [0.3, 0.4) is 0 Å². The largest absolute Gasteiger partial charge is 0.481 e. The maximum absolute atomic E-state index is 13.3. The van der Waals surface area contributed by atoms with Crippen LogP contribution in [0.15, 0.2) is 54.6 Å². The summed E-state index contributed by atoms with van der Waals surface area (Å²) in [7, 11) is 0. The minimum absolute atomic E-state index is 0.0527. The number of carbonyl (C=O) groups is 1. The van der Waals surface area contributed by atoms with E-state index in [1.807, 2.05) is 6.07 Å². The van der Waals surface area contributed by atoms with Gasteiger partial charge in [-0.1, -0.05) is 42.5 Å². The molecule has 4 heteroatoms. The molecule has 0 heterocycles. The molecule has 0 bridgehead atoms. The Morgan fingerprint density at radius 3 is 2.40 bits per heavy atom. The van der Waals surface area contributed by atoms with Gasteiger partial charge in [0.2, 0.25) is 0 Å². The molecule has 1 atom stereocenters. The van der Waals surface area contributed by atoms with Gasteiger partial charge in [0.15, 0.2) is 0 Å². The zero-order valence-electron chi connectivity index (χ0n) is 10.9. The number of aliphatic carboxylic acids is 1. The Morgan fingerprint density at radius 2 is 1.85 bits per heavy atom. The normalized spacial score (nSPS) is 13.7. The van der Waals surface area contributed by atoms with Gasteiger partial charge in [-0.15, -0.1) is 0 Å². The van der Waals surface area contributed by atoms with Crippen molar-refractivity contribution in [1.29, 1.82) is 0 Å². The second-order valence-electron chi connectivity index (χ2n) is 4.76. The van der Waals surface area contributed by atoms with Crippen molar-refractivity contribution < 1.29 is 14.3 Å². The number of nitrogens with two attached hydrogens (primary N) is 1. The molecule has 2 aromatic rings. The molecule has 0 saturated carbocycles. The number of hydrogen-bond donors (Lipinski definition) is 2. The van der Waals surface area contributed by atoms with E-state index in [-0.39, 0.29) is 18.8 Å². The predicted molar refractivity (Wildman–Crippen MR) is 74.9 cm³/mol. The Hall–Kier alpha value is -2.20. The molecular formula is C16H16FNO2. The molecular weight excluding hydrogens is 257 g/mol. The molecule has 2 aromatic carbocycles. The Kier molecular flexibility index (Phi) is 4.15. The van der Waals surface area contributed by atoms with Crippen LogP contribution in [0.2, 0.25) is 0 Å². The van der Waals surface area contributed by atoms with Gasteiger partial charge in [0.05, 0.1) is 0 Å². The highest BCUT2D eigenvalue weighted by Crippen LogP contribution is 2.28. The molecule has 1 unspecified atom stereocenters. The SMILES string of the molecule is NCC(Cc1cccc(F)c1)(C(=O)O)c1ccccc1. The van der Waals surface area contributed by atoms with Gasteiger partial charge >= 0.3 is 5.97 Å². The van der Waals surface area contributed by atoms with Crippen LogP contribution in [-0.4, -0.2) is 17.6 Å². The summed E-state index contributed by atoms with van der Waals surface area (Å²) in [5.41, 5.74) is 5.75. The van der Waals surface area contributed by atoms with Gasteiger partial charge in [-0.25, -0.2) is 4.39 Å². The number of hydrogen-bond acceptors (Lipinski definition) is 2. The third-order valence-electron chi connectivity index (χ3n) is 3.48. The predicted octanol–water partition coefficient (Wildman–Crippen LogP) is 2.35. The summed E-state index contributed by atoms with van der Waals surface area (Å²) in [5, 5.41) is 9.63. The zero-order valence-corrected chi connectivity index (χ0v) is 10.9. The highest BCUT2D eigenvalue weighted by Gasteiger charge is 2.39. The van der Waals surface area contributed by atoms with Crippen molar-refractivity contribution in [2.45, 2.75) is 11.8 Å². The summed E-state index contributed by atoms with van der Waals surface area (Å²) in [6.07, 6.45) is 0.153. The van der Waals surface area contributed by atoms with Gasteiger partial charge < -0.3 is 10.8 Å². The van der Waals surface area contributed by atoms with Gasteiger partial charge in [-0.05, 0) is 29.7 Å². The summed E-state index contributed by atoms with van der Waals surface area (Å²) in [6, 6.07) is 14.8. The van der Waals surface area contributed by atoms with Gasteiger partial charge in [-0.2, -0.15) is 0 Å². The molecule has 3 nitrogen and oxygen atoms in total. The van der Waals surface area contributed by atoms with Crippen molar-refractivity contribution in [1.82, 2.24) is 0 Å². The lowest BCUT2D eigenvalue weighted by atomic mass is 9.75. The first-order chi connectivity index (χ1) is 9.58. The van der Waals surface area contributed by atoms with Crippen LogP contribution in [0.4, 0.5) is 4.39 Å². The Morgan fingerprint density at radius 1 is 1.15 bits per heavy atom. The maximum atomic E-state index is 13.3. The van der Waals surface area contributed by atoms with Gasteiger partial charge in [0.1, 0.15) is 11.2 Å². The molecule has 3 N–H and O–H groups in total. The molecule has 0 amide bonds. The number of rotatable bonds is 5. The second kappa shape index (κ2) is 5.84. The topological polar surface area (TPSA) is 63.3 Å². The van der Waals surface area contributed by atoms with Gasteiger partial charge in [0, 0.05) is 6.54 Å². The van der Waals surface area contributed by atoms with Gasteiger partial charge in [-0.3, -0.25) is 4.79 Å². The Labute approximate surface area is 116 Å². The molecule has 20 heavy (non-hydrogen) atoms. The van der Waals surface area contributed by atoms with E-state index in [1.54, 1.807) is 36.4 Å². The second-order valence-corrected chi connectivity index (χ2v) is 4.76. The molecule has 0 spiro atoms. The lowest BCUT2D eigenvalue weighted by Gasteiger charge is -2.28. The van der Waals surface area contributed by atoms with Crippen molar-refractivity contribution in [2.75, 3.05) is 6.54 Å². The highest BCUT2D eigenvalue weighted by atomic mass is 19.1. The molecule has 2 rings (SSSR count). The van der Waals surface area contributed by atoms with Crippen LogP contribution >= 0.6 is 0 Å². The van der Waals surface area contributed by atoms with E-state index in [4.69, 9.17) is 5.73 Å². The van der Waals surface area contributed by atoms with Gasteiger partial charge in [0.25, 0.3) is 0 Å². The molecule has 0 aliphatic heterocycles. The van der Waals surface area contributed by atoms with E-state index in [1.165, 1.54) is 12.1 Å². The first-order valence-electron chi connectivity index (χ1n) is 6.32. The van der Waals surface area contributed by atoms with E-state index < -0.39 is 11.4 Å². The lowest BCUT2D eigenvalue weighted by Crippen LogP contribution is -2.45. The number of halogens is 1. The zero-order chi connectivity index (χ0) is 14.6. The molecule has 0 aromatic heterocycles. The summed E-state index contributed by atoms with van der Waals surface area (Å²) in [6.45, 7) is -0.0527. The molecule has 0 aliphatic rings. The fourth-order valence-electron chi connectivity index (χ4n) is 2.33. The average Bonchev–Trinajstić information content (AvgIpc) is 2.45. The number of benzene rings is 2. The van der Waals surface area contributed by atoms with Crippen LogP contribution in [-0.2, 0) is 16.6 Å². The Bertz CT molecular complexity index is 600. The summed E-state index contributed by atoms with van der Waals surface area (Å²) in [5.74, 6) is -1.39. The van der Waals surface area contributed by atoms with E-state index in [0.717, 1.165) is 0 Å². The van der Waals surface area contributed by atoms with Crippen LogP contribution in [0.5, 0.6) is 0 Å². The average molecular weight is 273 g/mol. The maximum Gasteiger partial charge on any atom is 0.315 e. The van der Waals surface area contributed by atoms with E-state index >= 15 is 0 Å². The van der Waals surface area contributed by atoms with Crippen molar-refractivity contribution >= 4 is 5.97 Å². The van der Waals surface area contributed by atoms with E-state index in [9.17, 15) is 14.3 Å². The first kappa shape index (κ1) is 14.2. The van der Waals surface area contributed by atoms with Crippen molar-refractivity contribution in [3.8, 4) is 0 Å². The van der Waals surface area contributed by atoms with Crippen LogP contribution < -0.4 is 5.73 Å². The quantitative estimate of drug-likeness (QED) is 0.879. The number of carboxylic acid groups (broad SMARTS) is 1. The fraction of sp³-hybridized carbons (Fsp3) is 0.188. The fourth-order valence-corrected chi connectivity index (χ4v) is 2.33. The van der Waals surface area contributed by atoms with Crippen molar-refractivity contribution in [3.05, 3.63) is 71.5 Å². The standard InChI is InChI=1S/C16H16FNO2/c17-14-8-4-5-12(9-14)10-16(11-18,15(19)20)13-6-2-1-3-7-13/h1-9H,10-11,18H2,(H,19,20). The molecule has 0 saturated heterocycles. The molecule has 104 valence electrons. The third kappa shape index (κ3) is 2.70. The minimum atomic E-state index is -1.24. The van der Waals surface area contributed by atoms with Crippen LogP contribution in [0, 0.1) is 5.82 Å². The smallest absolute Gasteiger partial charge is 0.315 e. The third-order valence-corrected chi connectivity index (χ3v) is 3.48.